The van der Waals surface area contributed by atoms with Crippen molar-refractivity contribution in [1.29, 1.82) is 0 Å². The Balaban J connectivity index is 3.44. The van der Waals surface area contributed by atoms with Crippen LogP contribution >= 0.6 is 31.9 Å². The summed E-state index contributed by atoms with van der Waals surface area (Å²) in [6.45, 7) is 7.58. The molecular formula is C11H10Br2. The molecular weight excluding hydrogens is 292 g/mol. The van der Waals surface area contributed by atoms with Gasteiger partial charge in [0.05, 0.1) is 0 Å². The molecule has 0 radical (unpaired) electrons. The molecule has 68 valence electrons. The van der Waals surface area contributed by atoms with Crippen molar-refractivity contribution in [3.63, 3.8) is 0 Å². The van der Waals surface area contributed by atoms with Crippen molar-refractivity contribution in [2.75, 3.05) is 0 Å². The highest BCUT2D eigenvalue weighted by atomic mass is 79.9. The Morgan fingerprint density at radius 3 is 2.23 bits per heavy atom. The first-order valence-electron chi connectivity index (χ1n) is 3.86. The summed E-state index contributed by atoms with van der Waals surface area (Å²) in [5.41, 5.74) is 3.47. The SMILES string of the molecule is C=Cc1c(Br)ccc(CBr)c1C=C. The summed E-state index contributed by atoms with van der Waals surface area (Å²) in [6, 6.07) is 4.10. The third-order valence-electron chi connectivity index (χ3n) is 1.88. The number of rotatable bonds is 3. The second kappa shape index (κ2) is 4.77. The second-order valence-corrected chi connectivity index (χ2v) is 3.99. The van der Waals surface area contributed by atoms with Crippen LogP contribution in [0.3, 0.4) is 0 Å². The van der Waals surface area contributed by atoms with Crippen molar-refractivity contribution in [2.24, 2.45) is 0 Å². The fourth-order valence-corrected chi connectivity index (χ4v) is 2.22. The molecule has 0 saturated heterocycles. The molecule has 0 atom stereocenters. The second-order valence-electron chi connectivity index (χ2n) is 2.58. The predicted octanol–water partition coefficient (Wildman–Crippen LogP) is 4.63. The highest BCUT2D eigenvalue weighted by molar-refractivity contribution is 9.10. The number of hydrogen-bond acceptors (Lipinski definition) is 0. The summed E-state index contributed by atoms with van der Waals surface area (Å²) < 4.78 is 1.06. The lowest BCUT2D eigenvalue weighted by atomic mass is 10.0. The Morgan fingerprint density at radius 1 is 1.15 bits per heavy atom. The number of alkyl halides is 1. The fraction of sp³-hybridized carbons (Fsp3) is 0.0909. The number of benzene rings is 1. The largest absolute Gasteiger partial charge is 0.0984 e. The van der Waals surface area contributed by atoms with Crippen LogP contribution in [0.25, 0.3) is 12.2 Å². The lowest BCUT2D eigenvalue weighted by Gasteiger charge is -2.08. The molecule has 1 rings (SSSR count). The van der Waals surface area contributed by atoms with Crippen molar-refractivity contribution in [3.8, 4) is 0 Å². The Kier molecular flexibility index (Phi) is 3.94. The van der Waals surface area contributed by atoms with E-state index in [1.165, 1.54) is 5.56 Å². The average molecular weight is 302 g/mol. The smallest absolute Gasteiger partial charge is 0.0289 e. The van der Waals surface area contributed by atoms with Crippen molar-refractivity contribution in [2.45, 2.75) is 5.33 Å². The van der Waals surface area contributed by atoms with Gasteiger partial charge in [0.1, 0.15) is 0 Å². The van der Waals surface area contributed by atoms with Gasteiger partial charge in [-0.3, -0.25) is 0 Å². The summed E-state index contributed by atoms with van der Waals surface area (Å²) in [5, 5.41) is 0.836. The zero-order valence-electron chi connectivity index (χ0n) is 7.19. The van der Waals surface area contributed by atoms with E-state index in [9.17, 15) is 0 Å². The van der Waals surface area contributed by atoms with Gasteiger partial charge in [-0.1, -0.05) is 63.2 Å². The monoisotopic (exact) mass is 300 g/mol. The maximum atomic E-state index is 3.80. The molecule has 0 aliphatic carbocycles. The standard InChI is InChI=1S/C11H10Br2/c1-3-9-8(7-12)5-6-11(13)10(9)4-2/h3-6H,1-2,7H2. The summed E-state index contributed by atoms with van der Waals surface area (Å²) in [7, 11) is 0. The molecule has 0 aromatic heterocycles. The van der Waals surface area contributed by atoms with Crippen LogP contribution in [-0.4, -0.2) is 0 Å². The molecule has 0 N–H and O–H groups in total. The van der Waals surface area contributed by atoms with Crippen LogP contribution in [0.4, 0.5) is 0 Å². The zero-order chi connectivity index (χ0) is 9.84. The Bertz CT molecular complexity index is 340. The van der Waals surface area contributed by atoms with E-state index in [1.54, 1.807) is 0 Å². The van der Waals surface area contributed by atoms with Gasteiger partial charge in [0.25, 0.3) is 0 Å². The molecule has 0 heterocycles. The molecule has 13 heavy (non-hydrogen) atoms. The van der Waals surface area contributed by atoms with Gasteiger partial charge in [0.2, 0.25) is 0 Å². The van der Waals surface area contributed by atoms with Crippen LogP contribution in [0.5, 0.6) is 0 Å². The van der Waals surface area contributed by atoms with E-state index in [-0.39, 0.29) is 0 Å². The molecule has 0 nitrogen and oxygen atoms in total. The molecule has 0 unspecified atom stereocenters. The molecule has 0 spiro atoms. The molecule has 1 aromatic rings. The van der Waals surface area contributed by atoms with E-state index in [2.05, 4.69) is 51.1 Å². The Labute approximate surface area is 95.6 Å². The third-order valence-corrected chi connectivity index (χ3v) is 3.17. The van der Waals surface area contributed by atoms with E-state index in [1.807, 2.05) is 18.2 Å². The van der Waals surface area contributed by atoms with E-state index in [0.29, 0.717) is 0 Å². The molecule has 0 amide bonds. The minimum atomic E-state index is 0.836. The molecule has 2 heteroatoms. The first-order chi connectivity index (χ1) is 6.24. The van der Waals surface area contributed by atoms with Crippen molar-refractivity contribution in [1.82, 2.24) is 0 Å². The molecule has 0 bridgehead atoms. The van der Waals surface area contributed by atoms with Crippen LogP contribution < -0.4 is 0 Å². The van der Waals surface area contributed by atoms with Crippen molar-refractivity contribution >= 4 is 44.0 Å². The minimum Gasteiger partial charge on any atom is -0.0984 e. The van der Waals surface area contributed by atoms with Gasteiger partial charge in [-0.2, -0.15) is 0 Å². The maximum Gasteiger partial charge on any atom is 0.0289 e. The van der Waals surface area contributed by atoms with Gasteiger partial charge in [-0.25, -0.2) is 0 Å². The van der Waals surface area contributed by atoms with E-state index < -0.39 is 0 Å². The number of hydrogen-bond donors (Lipinski definition) is 0. The topological polar surface area (TPSA) is 0 Å². The van der Waals surface area contributed by atoms with Crippen molar-refractivity contribution < 1.29 is 0 Å². The normalized spacial score (nSPS) is 9.69. The summed E-state index contributed by atoms with van der Waals surface area (Å²) in [5.74, 6) is 0. The Hall–Kier alpha value is -0.340. The summed E-state index contributed by atoms with van der Waals surface area (Å²) in [6.07, 6.45) is 3.70. The highest BCUT2D eigenvalue weighted by Gasteiger charge is 2.05. The minimum absolute atomic E-state index is 0.836. The summed E-state index contributed by atoms with van der Waals surface area (Å²) in [4.78, 5) is 0. The van der Waals surface area contributed by atoms with Gasteiger partial charge < -0.3 is 0 Å². The van der Waals surface area contributed by atoms with Gasteiger partial charge >= 0.3 is 0 Å². The van der Waals surface area contributed by atoms with Crippen LogP contribution in [0.1, 0.15) is 16.7 Å². The van der Waals surface area contributed by atoms with E-state index in [0.717, 1.165) is 20.9 Å². The van der Waals surface area contributed by atoms with Gasteiger partial charge in [0, 0.05) is 9.80 Å². The molecule has 1 aromatic carbocycles. The van der Waals surface area contributed by atoms with E-state index >= 15 is 0 Å². The zero-order valence-corrected chi connectivity index (χ0v) is 10.4. The Morgan fingerprint density at radius 2 is 1.77 bits per heavy atom. The van der Waals surface area contributed by atoms with Crippen LogP contribution in [0.2, 0.25) is 0 Å². The number of halogens is 2. The van der Waals surface area contributed by atoms with Gasteiger partial charge in [-0.05, 0) is 22.8 Å². The maximum absolute atomic E-state index is 3.80. The predicted molar refractivity (Wildman–Crippen MR) is 67.0 cm³/mol. The lowest BCUT2D eigenvalue weighted by molar-refractivity contribution is 1.38. The fourth-order valence-electron chi connectivity index (χ4n) is 1.22. The first kappa shape index (κ1) is 10.7. The van der Waals surface area contributed by atoms with Crippen molar-refractivity contribution in [3.05, 3.63) is 46.5 Å². The molecule has 0 aliphatic rings. The third kappa shape index (κ3) is 2.12. The van der Waals surface area contributed by atoms with E-state index in [4.69, 9.17) is 0 Å². The lowest BCUT2D eigenvalue weighted by Crippen LogP contribution is -1.89. The van der Waals surface area contributed by atoms with Gasteiger partial charge in [0.15, 0.2) is 0 Å². The molecule has 0 fully saturated rings. The van der Waals surface area contributed by atoms with Crippen LogP contribution in [0.15, 0.2) is 29.8 Å². The molecule has 0 saturated carbocycles. The molecule has 0 aliphatic heterocycles. The summed E-state index contributed by atoms with van der Waals surface area (Å²) >= 11 is 6.92. The quantitative estimate of drug-likeness (QED) is 0.714. The highest BCUT2D eigenvalue weighted by Crippen LogP contribution is 2.27. The average Bonchev–Trinajstić information content (AvgIpc) is 2.17. The van der Waals surface area contributed by atoms with Gasteiger partial charge in [-0.15, -0.1) is 0 Å². The van der Waals surface area contributed by atoms with Crippen LogP contribution in [0, 0.1) is 0 Å². The van der Waals surface area contributed by atoms with Crippen LogP contribution in [-0.2, 0) is 5.33 Å². The first-order valence-corrected chi connectivity index (χ1v) is 5.78.